The first kappa shape index (κ1) is 30.3. The molecule has 0 unspecified atom stereocenters. The summed E-state index contributed by atoms with van der Waals surface area (Å²) in [6, 6.07) is 11.2. The zero-order chi connectivity index (χ0) is 30.2. The predicted molar refractivity (Wildman–Crippen MR) is 135 cm³/mol. The third-order valence-electron chi connectivity index (χ3n) is 5.47. The number of anilines is 1. The number of alkyl halides is 9. The number of amides is 1. The Morgan fingerprint density at radius 3 is 1.95 bits per heavy atom. The SMILES string of the molecule is O=C(CSc1nc(-c2ccc(Cl)cc2)cn1-c1cccc(C(F)(F)F)c1)Nc1cc(C(F)(F)F)cc(C(F)(F)F)c1. The van der Waals surface area contributed by atoms with E-state index >= 15 is 0 Å². The van der Waals surface area contributed by atoms with Crippen LogP contribution in [0.25, 0.3) is 16.9 Å². The van der Waals surface area contributed by atoms with Crippen molar-refractivity contribution in [3.05, 3.63) is 94.6 Å². The minimum atomic E-state index is -5.11. The lowest BCUT2D eigenvalue weighted by atomic mass is 10.1. The number of halogens is 10. The van der Waals surface area contributed by atoms with E-state index in [0.717, 1.165) is 12.1 Å². The Labute approximate surface area is 235 Å². The van der Waals surface area contributed by atoms with Gasteiger partial charge in [0.2, 0.25) is 5.91 Å². The first-order valence-electron chi connectivity index (χ1n) is 11.3. The molecule has 216 valence electrons. The van der Waals surface area contributed by atoms with E-state index in [1.807, 2.05) is 5.32 Å². The van der Waals surface area contributed by atoms with Crippen LogP contribution in [0.3, 0.4) is 0 Å². The Hall–Kier alpha value is -3.65. The number of hydrogen-bond acceptors (Lipinski definition) is 3. The van der Waals surface area contributed by atoms with Gasteiger partial charge in [-0.15, -0.1) is 0 Å². The number of nitrogens with one attached hydrogen (secondary N) is 1. The smallest absolute Gasteiger partial charge is 0.325 e. The molecular formula is C26H15ClF9N3OS. The zero-order valence-electron chi connectivity index (χ0n) is 20.1. The van der Waals surface area contributed by atoms with E-state index in [1.54, 1.807) is 24.3 Å². The first-order valence-corrected chi connectivity index (χ1v) is 12.6. The molecule has 0 radical (unpaired) electrons. The summed E-state index contributed by atoms with van der Waals surface area (Å²) in [6.07, 6.45) is -13.4. The van der Waals surface area contributed by atoms with Crippen molar-refractivity contribution in [2.45, 2.75) is 23.7 Å². The number of imidazole rings is 1. The number of nitrogens with zero attached hydrogens (tertiary/aromatic N) is 2. The van der Waals surface area contributed by atoms with Crippen LogP contribution in [-0.2, 0) is 23.3 Å². The highest BCUT2D eigenvalue weighted by Crippen LogP contribution is 2.38. The highest BCUT2D eigenvalue weighted by Gasteiger charge is 2.37. The van der Waals surface area contributed by atoms with Gasteiger partial charge in [-0.25, -0.2) is 4.98 Å². The monoisotopic (exact) mass is 623 g/mol. The molecule has 0 bridgehead atoms. The minimum absolute atomic E-state index is 0.0319. The average molecular weight is 624 g/mol. The molecule has 0 spiro atoms. The molecule has 0 atom stereocenters. The molecule has 0 saturated heterocycles. The summed E-state index contributed by atoms with van der Waals surface area (Å²) < 4.78 is 120. The summed E-state index contributed by atoms with van der Waals surface area (Å²) in [5.41, 5.74) is -4.02. The highest BCUT2D eigenvalue weighted by molar-refractivity contribution is 7.99. The molecule has 1 aromatic heterocycles. The summed E-state index contributed by atoms with van der Waals surface area (Å²) in [5, 5.41) is 2.46. The Balaban J connectivity index is 1.63. The molecular weight excluding hydrogens is 609 g/mol. The average Bonchev–Trinajstić information content (AvgIpc) is 3.30. The molecule has 1 N–H and O–H groups in total. The molecule has 0 saturated carbocycles. The summed E-state index contributed by atoms with van der Waals surface area (Å²) >= 11 is 6.62. The van der Waals surface area contributed by atoms with Crippen molar-refractivity contribution in [2.24, 2.45) is 0 Å². The van der Waals surface area contributed by atoms with Crippen molar-refractivity contribution in [3.63, 3.8) is 0 Å². The first-order chi connectivity index (χ1) is 19.0. The van der Waals surface area contributed by atoms with Gasteiger partial charge in [-0.3, -0.25) is 9.36 Å². The van der Waals surface area contributed by atoms with Gasteiger partial charge in [0, 0.05) is 28.2 Å². The summed E-state index contributed by atoms with van der Waals surface area (Å²) in [6.45, 7) is 0. The van der Waals surface area contributed by atoms with Gasteiger partial charge in [0.25, 0.3) is 0 Å². The van der Waals surface area contributed by atoms with E-state index in [9.17, 15) is 44.3 Å². The number of benzene rings is 3. The maximum atomic E-state index is 13.3. The molecule has 0 aliphatic heterocycles. The van der Waals surface area contributed by atoms with E-state index in [-0.39, 0.29) is 16.9 Å². The van der Waals surface area contributed by atoms with Gasteiger partial charge >= 0.3 is 18.5 Å². The second kappa shape index (κ2) is 11.3. The second-order valence-corrected chi connectivity index (χ2v) is 9.84. The summed E-state index contributed by atoms with van der Waals surface area (Å²) in [4.78, 5) is 16.9. The normalized spacial score (nSPS) is 12.4. The summed E-state index contributed by atoms with van der Waals surface area (Å²) in [7, 11) is 0. The van der Waals surface area contributed by atoms with Crippen molar-refractivity contribution >= 4 is 35.0 Å². The Morgan fingerprint density at radius 1 is 0.805 bits per heavy atom. The molecule has 1 heterocycles. The lowest BCUT2D eigenvalue weighted by molar-refractivity contribution is -0.143. The molecule has 1 amide bonds. The maximum Gasteiger partial charge on any atom is 0.416 e. The van der Waals surface area contributed by atoms with Gasteiger partial charge < -0.3 is 5.32 Å². The lowest BCUT2D eigenvalue weighted by Gasteiger charge is -2.15. The van der Waals surface area contributed by atoms with Crippen molar-refractivity contribution < 1.29 is 44.3 Å². The Bertz CT molecular complexity index is 1530. The third-order valence-corrected chi connectivity index (χ3v) is 6.67. The van der Waals surface area contributed by atoms with Crippen molar-refractivity contribution in [1.82, 2.24) is 9.55 Å². The molecule has 41 heavy (non-hydrogen) atoms. The third kappa shape index (κ3) is 7.55. The van der Waals surface area contributed by atoms with Crippen LogP contribution in [0.1, 0.15) is 16.7 Å². The number of rotatable bonds is 6. The number of carbonyl (C=O) groups excluding carboxylic acids is 1. The number of hydrogen-bond donors (Lipinski definition) is 1. The number of thioether (sulfide) groups is 1. The van der Waals surface area contributed by atoms with Gasteiger partial charge in [-0.1, -0.05) is 41.6 Å². The van der Waals surface area contributed by atoms with Gasteiger partial charge in [-0.05, 0) is 48.5 Å². The Morgan fingerprint density at radius 2 is 1.39 bits per heavy atom. The van der Waals surface area contributed by atoms with Crippen LogP contribution in [0.2, 0.25) is 5.02 Å². The molecule has 3 aromatic carbocycles. The van der Waals surface area contributed by atoms with Gasteiger partial charge in [0.15, 0.2) is 5.16 Å². The fraction of sp³-hybridized carbons (Fsp3) is 0.154. The topological polar surface area (TPSA) is 46.9 Å². The van der Waals surface area contributed by atoms with Crippen LogP contribution in [-0.4, -0.2) is 21.2 Å². The van der Waals surface area contributed by atoms with E-state index in [0.29, 0.717) is 40.2 Å². The van der Waals surface area contributed by atoms with E-state index in [1.165, 1.54) is 22.9 Å². The van der Waals surface area contributed by atoms with E-state index in [2.05, 4.69) is 4.98 Å². The maximum absolute atomic E-state index is 13.3. The molecule has 4 aromatic rings. The van der Waals surface area contributed by atoms with Crippen LogP contribution in [0.5, 0.6) is 0 Å². The molecule has 0 aliphatic carbocycles. The van der Waals surface area contributed by atoms with Gasteiger partial charge in [-0.2, -0.15) is 39.5 Å². The van der Waals surface area contributed by atoms with Crippen LogP contribution < -0.4 is 5.32 Å². The van der Waals surface area contributed by atoms with Crippen LogP contribution in [0, 0.1) is 0 Å². The van der Waals surface area contributed by atoms with Gasteiger partial charge in [0.1, 0.15) is 0 Å². The van der Waals surface area contributed by atoms with Crippen LogP contribution in [0.15, 0.2) is 78.1 Å². The standard InChI is InChI=1S/C26H15ClF9N3OS/c27-18-6-4-14(5-7-18)21-12-39(20-3-1-2-15(11-20)24(28,29)30)23(38-21)41-13-22(40)37-19-9-16(25(31,32)33)8-17(10-19)26(34,35)36/h1-12H,13H2,(H,37,40). The van der Waals surface area contributed by atoms with E-state index in [4.69, 9.17) is 11.6 Å². The molecule has 15 heteroatoms. The quantitative estimate of drug-likeness (QED) is 0.172. The fourth-order valence-corrected chi connectivity index (χ4v) is 4.51. The second-order valence-electron chi connectivity index (χ2n) is 8.47. The predicted octanol–water partition coefficient (Wildman–Crippen LogP) is 8.98. The molecule has 4 rings (SSSR count). The Kier molecular flexibility index (Phi) is 8.37. The lowest BCUT2D eigenvalue weighted by Crippen LogP contribution is -2.17. The zero-order valence-corrected chi connectivity index (χ0v) is 21.7. The van der Waals surface area contributed by atoms with Gasteiger partial charge in [0.05, 0.1) is 28.1 Å². The molecule has 0 aliphatic rings. The van der Waals surface area contributed by atoms with Crippen LogP contribution in [0.4, 0.5) is 45.2 Å². The van der Waals surface area contributed by atoms with Crippen LogP contribution >= 0.6 is 23.4 Å². The molecule has 4 nitrogen and oxygen atoms in total. The largest absolute Gasteiger partial charge is 0.416 e. The van der Waals surface area contributed by atoms with Crippen molar-refractivity contribution in [3.8, 4) is 16.9 Å². The minimum Gasteiger partial charge on any atom is -0.325 e. The summed E-state index contributed by atoms with van der Waals surface area (Å²) in [5.74, 6) is -1.53. The van der Waals surface area contributed by atoms with Crippen molar-refractivity contribution in [2.75, 3.05) is 11.1 Å². The highest BCUT2D eigenvalue weighted by atomic mass is 35.5. The molecule has 0 fully saturated rings. The number of aromatic nitrogens is 2. The number of carbonyl (C=O) groups is 1. The van der Waals surface area contributed by atoms with Crippen molar-refractivity contribution in [1.29, 1.82) is 0 Å². The van der Waals surface area contributed by atoms with E-state index < -0.39 is 52.6 Å². The fourth-order valence-electron chi connectivity index (χ4n) is 3.60.